The van der Waals surface area contributed by atoms with Crippen LogP contribution in [-0.4, -0.2) is 18.4 Å². The highest BCUT2D eigenvalue weighted by Gasteiger charge is 2.56. The fraction of sp³-hybridized carbons (Fsp3) is 0.857. The van der Waals surface area contributed by atoms with Gasteiger partial charge in [-0.25, -0.2) is 0 Å². The fourth-order valence-electron chi connectivity index (χ4n) is 1.80. The van der Waals surface area contributed by atoms with Gasteiger partial charge in [-0.3, -0.25) is 0 Å². The van der Waals surface area contributed by atoms with Gasteiger partial charge < -0.3 is 10.1 Å². The average Bonchev–Trinajstić information content (AvgIpc) is 2.33. The molecular formula is C7H11NO. The second-order valence-electron chi connectivity index (χ2n) is 3.52. The summed E-state index contributed by atoms with van der Waals surface area (Å²) in [5, 5.41) is 3.25. The normalized spacial score (nSPS) is 54.8. The molecule has 2 heteroatoms. The Morgan fingerprint density at radius 1 is 1.67 bits per heavy atom. The topological polar surface area (TPSA) is 29.1 Å². The monoisotopic (exact) mass is 125 g/mol. The van der Waals surface area contributed by atoms with E-state index in [-0.39, 0.29) is 6.04 Å². The summed E-state index contributed by atoms with van der Waals surface area (Å²) in [6.45, 7) is 2.24. The largest absolute Gasteiger partial charge is 0.304 e. The molecule has 1 saturated heterocycles. The first-order chi connectivity index (χ1) is 4.24. The maximum Gasteiger partial charge on any atom is 0.136 e. The Kier molecular flexibility index (Phi) is 0.826. The summed E-state index contributed by atoms with van der Waals surface area (Å²) in [4.78, 5) is 10.3. The Bertz CT molecular complexity index is 157. The van der Waals surface area contributed by atoms with Gasteiger partial charge in [-0.2, -0.15) is 0 Å². The van der Waals surface area contributed by atoms with Gasteiger partial charge in [0.15, 0.2) is 0 Å². The van der Waals surface area contributed by atoms with E-state index < -0.39 is 0 Å². The summed E-state index contributed by atoms with van der Waals surface area (Å²) in [5.41, 5.74) is 0.492. The van der Waals surface area contributed by atoms with E-state index in [1.165, 1.54) is 6.42 Å². The highest BCUT2D eigenvalue weighted by molar-refractivity contribution is 5.59. The molecule has 0 bridgehead atoms. The molecule has 3 atom stereocenters. The third-order valence-corrected chi connectivity index (χ3v) is 2.62. The Morgan fingerprint density at radius 3 is 2.78 bits per heavy atom. The second-order valence-corrected chi connectivity index (χ2v) is 3.52. The summed E-state index contributed by atoms with van der Waals surface area (Å²) >= 11 is 0. The lowest BCUT2D eigenvalue weighted by atomic mass is 10.0. The summed E-state index contributed by atoms with van der Waals surface area (Å²) in [6.07, 6.45) is 3.36. The number of fused-ring (bicyclic) bond motifs is 1. The molecule has 0 aromatic rings. The number of carbonyl (C=O) groups excluding carboxylic acids is 1. The van der Waals surface area contributed by atoms with E-state index in [0.29, 0.717) is 11.5 Å². The van der Waals surface area contributed by atoms with Gasteiger partial charge in [0.2, 0.25) is 0 Å². The van der Waals surface area contributed by atoms with E-state index in [1.807, 2.05) is 0 Å². The zero-order valence-corrected chi connectivity index (χ0v) is 5.55. The second kappa shape index (κ2) is 1.37. The predicted octanol–water partition coefficient (Wildman–Crippen LogP) is 0.326. The number of rotatable bonds is 1. The van der Waals surface area contributed by atoms with E-state index in [4.69, 9.17) is 0 Å². The predicted molar refractivity (Wildman–Crippen MR) is 34.1 cm³/mol. The molecule has 1 N–H and O–H groups in total. The minimum Gasteiger partial charge on any atom is -0.304 e. The van der Waals surface area contributed by atoms with Gasteiger partial charge in [-0.05, 0) is 18.3 Å². The van der Waals surface area contributed by atoms with Crippen LogP contribution in [0.1, 0.15) is 19.8 Å². The van der Waals surface area contributed by atoms with Crippen LogP contribution < -0.4 is 5.32 Å². The summed E-state index contributed by atoms with van der Waals surface area (Å²) in [7, 11) is 0. The van der Waals surface area contributed by atoms with Crippen molar-refractivity contribution in [3.8, 4) is 0 Å². The average molecular weight is 125 g/mol. The maximum atomic E-state index is 10.3. The van der Waals surface area contributed by atoms with Crippen LogP contribution in [0.3, 0.4) is 0 Å². The standard InChI is InChI=1S/C7H11NO/c1-7-2-5(4-9)8-6(7)3-7/h4-6,8H,2-3H2,1H3/t5?,6-,7+/m1/s1. The molecule has 50 valence electrons. The molecule has 0 aromatic heterocycles. The van der Waals surface area contributed by atoms with Gasteiger partial charge in [-0.1, -0.05) is 6.92 Å². The van der Waals surface area contributed by atoms with Gasteiger partial charge in [0.1, 0.15) is 6.29 Å². The summed E-state index contributed by atoms with van der Waals surface area (Å²) < 4.78 is 0. The Hall–Kier alpha value is -0.370. The number of piperidine rings is 1. The molecule has 1 saturated carbocycles. The first-order valence-corrected chi connectivity index (χ1v) is 3.46. The molecule has 1 heterocycles. The number of aldehydes is 1. The molecule has 0 spiro atoms. The first-order valence-electron chi connectivity index (χ1n) is 3.46. The van der Waals surface area contributed by atoms with E-state index >= 15 is 0 Å². The molecular weight excluding hydrogens is 114 g/mol. The summed E-state index contributed by atoms with van der Waals surface area (Å²) in [5.74, 6) is 0. The van der Waals surface area contributed by atoms with Gasteiger partial charge in [0, 0.05) is 6.04 Å². The molecule has 9 heavy (non-hydrogen) atoms. The van der Waals surface area contributed by atoms with Crippen LogP contribution >= 0.6 is 0 Å². The lowest BCUT2D eigenvalue weighted by Gasteiger charge is -2.03. The quantitative estimate of drug-likeness (QED) is 0.511. The van der Waals surface area contributed by atoms with Gasteiger partial charge in [0.25, 0.3) is 0 Å². The van der Waals surface area contributed by atoms with Crippen LogP contribution in [0, 0.1) is 5.41 Å². The zero-order valence-electron chi connectivity index (χ0n) is 5.55. The van der Waals surface area contributed by atoms with Crippen molar-refractivity contribution in [2.75, 3.05) is 0 Å². The molecule has 1 unspecified atom stereocenters. The lowest BCUT2D eigenvalue weighted by molar-refractivity contribution is -0.109. The number of hydrogen-bond donors (Lipinski definition) is 1. The van der Waals surface area contributed by atoms with E-state index in [1.54, 1.807) is 0 Å². The Balaban J connectivity index is 2.05. The van der Waals surface area contributed by atoms with Gasteiger partial charge >= 0.3 is 0 Å². The maximum absolute atomic E-state index is 10.3. The lowest BCUT2D eigenvalue weighted by Crippen LogP contribution is -2.26. The van der Waals surface area contributed by atoms with Crippen molar-refractivity contribution in [3.05, 3.63) is 0 Å². The molecule has 1 aliphatic heterocycles. The minimum absolute atomic E-state index is 0.161. The van der Waals surface area contributed by atoms with Crippen LogP contribution in [0.15, 0.2) is 0 Å². The SMILES string of the molecule is C[C@@]12CC(C=O)N[C@@H]1C2. The van der Waals surface area contributed by atoms with Crippen LogP contribution in [0.5, 0.6) is 0 Å². The first kappa shape index (κ1) is 5.42. The van der Waals surface area contributed by atoms with Crippen LogP contribution in [-0.2, 0) is 4.79 Å². The molecule has 0 aromatic carbocycles. The molecule has 2 fully saturated rings. The summed E-state index contributed by atoms with van der Waals surface area (Å²) in [6, 6.07) is 0.821. The van der Waals surface area contributed by atoms with Crippen LogP contribution in [0.4, 0.5) is 0 Å². The van der Waals surface area contributed by atoms with E-state index in [2.05, 4.69) is 12.2 Å². The van der Waals surface area contributed by atoms with Gasteiger partial charge in [0.05, 0.1) is 6.04 Å². The molecule has 0 radical (unpaired) electrons. The fourth-order valence-corrected chi connectivity index (χ4v) is 1.80. The number of carbonyl (C=O) groups is 1. The number of nitrogens with one attached hydrogen (secondary N) is 1. The van der Waals surface area contributed by atoms with Crippen LogP contribution in [0.25, 0.3) is 0 Å². The zero-order chi connectivity index (χ0) is 6.48. The molecule has 2 nitrogen and oxygen atoms in total. The van der Waals surface area contributed by atoms with Crippen molar-refractivity contribution >= 4 is 6.29 Å². The number of hydrogen-bond acceptors (Lipinski definition) is 2. The molecule has 2 aliphatic rings. The highest BCUT2D eigenvalue weighted by Crippen LogP contribution is 2.53. The third-order valence-electron chi connectivity index (χ3n) is 2.62. The molecule has 0 amide bonds. The smallest absolute Gasteiger partial charge is 0.136 e. The van der Waals surface area contributed by atoms with Crippen molar-refractivity contribution in [1.29, 1.82) is 0 Å². The third kappa shape index (κ3) is 0.628. The van der Waals surface area contributed by atoms with Crippen molar-refractivity contribution in [3.63, 3.8) is 0 Å². The van der Waals surface area contributed by atoms with Crippen molar-refractivity contribution in [2.45, 2.75) is 31.8 Å². The van der Waals surface area contributed by atoms with Crippen molar-refractivity contribution in [1.82, 2.24) is 5.32 Å². The Labute approximate surface area is 54.6 Å². The molecule has 1 aliphatic carbocycles. The van der Waals surface area contributed by atoms with Crippen molar-refractivity contribution < 1.29 is 4.79 Å². The Morgan fingerprint density at radius 2 is 2.44 bits per heavy atom. The highest BCUT2D eigenvalue weighted by atomic mass is 16.1. The minimum atomic E-state index is 0.161. The van der Waals surface area contributed by atoms with Gasteiger partial charge in [-0.15, -0.1) is 0 Å². The van der Waals surface area contributed by atoms with Crippen LogP contribution in [0.2, 0.25) is 0 Å². The van der Waals surface area contributed by atoms with Crippen molar-refractivity contribution in [2.24, 2.45) is 5.41 Å². The van der Waals surface area contributed by atoms with E-state index in [9.17, 15) is 4.79 Å². The molecule has 2 rings (SSSR count). The van der Waals surface area contributed by atoms with E-state index in [0.717, 1.165) is 12.7 Å².